The molecule has 0 aromatic heterocycles. The number of nitrogens with zero attached hydrogens (tertiary/aromatic N) is 2. The molecule has 9 heteroatoms. The number of amides is 2. The number of halogens is 2. The fourth-order valence-corrected chi connectivity index (χ4v) is 4.62. The van der Waals surface area contributed by atoms with E-state index in [0.29, 0.717) is 30.1 Å². The Morgan fingerprint density at radius 3 is 2.59 bits per heavy atom. The molecule has 1 fully saturated rings. The van der Waals surface area contributed by atoms with Crippen molar-refractivity contribution in [2.75, 3.05) is 39.2 Å². The largest absolute Gasteiger partial charge is 0.491 e. The van der Waals surface area contributed by atoms with E-state index in [0.717, 1.165) is 25.0 Å². The molecule has 0 saturated heterocycles. The molecule has 0 unspecified atom stereocenters. The Hall–Kier alpha value is -3.04. The Morgan fingerprint density at radius 2 is 1.89 bits per heavy atom. The fourth-order valence-electron chi connectivity index (χ4n) is 4.62. The van der Waals surface area contributed by atoms with Crippen molar-refractivity contribution in [2.24, 2.45) is 11.8 Å². The Labute approximate surface area is 216 Å². The van der Waals surface area contributed by atoms with E-state index < -0.39 is 11.6 Å². The van der Waals surface area contributed by atoms with Gasteiger partial charge in [0.2, 0.25) is 5.91 Å². The van der Waals surface area contributed by atoms with Gasteiger partial charge in [-0.15, -0.1) is 0 Å². The molecule has 3 atom stereocenters. The summed E-state index contributed by atoms with van der Waals surface area (Å²) in [6.07, 6.45) is 1.47. The fraction of sp³-hybridized carbons (Fsp3) is 0.500. The third-order valence-electron chi connectivity index (χ3n) is 7.17. The lowest BCUT2D eigenvalue weighted by Crippen LogP contribution is -2.46. The molecule has 7 nitrogen and oxygen atoms in total. The van der Waals surface area contributed by atoms with Gasteiger partial charge < -0.3 is 19.7 Å². The van der Waals surface area contributed by atoms with Crippen LogP contribution in [0.5, 0.6) is 5.75 Å². The SMILES string of the molecule is CO[C@@H]1CN(C)C(=O)c2cc(NC(=O)C3CC3)ccc2OC[C@@H](C)N(Cc2cc(F)ccc2F)C[C@@H]1C. The maximum atomic E-state index is 14.5. The van der Waals surface area contributed by atoms with E-state index in [2.05, 4.69) is 5.32 Å². The molecule has 2 aliphatic rings. The molecule has 200 valence electrons. The van der Waals surface area contributed by atoms with Crippen molar-refractivity contribution in [3.63, 3.8) is 0 Å². The van der Waals surface area contributed by atoms with Gasteiger partial charge in [0.25, 0.3) is 5.91 Å². The monoisotopic (exact) mass is 515 g/mol. The lowest BCUT2D eigenvalue weighted by atomic mass is 10.0. The van der Waals surface area contributed by atoms with Crippen molar-refractivity contribution in [2.45, 2.75) is 45.4 Å². The van der Waals surface area contributed by atoms with E-state index in [1.165, 1.54) is 6.07 Å². The zero-order valence-corrected chi connectivity index (χ0v) is 21.8. The van der Waals surface area contributed by atoms with E-state index >= 15 is 0 Å². The van der Waals surface area contributed by atoms with Crippen LogP contribution < -0.4 is 10.1 Å². The maximum absolute atomic E-state index is 14.5. The number of carbonyl (C=O) groups is 2. The summed E-state index contributed by atoms with van der Waals surface area (Å²) in [6.45, 7) is 5.24. The van der Waals surface area contributed by atoms with Crippen LogP contribution in [-0.4, -0.2) is 67.6 Å². The summed E-state index contributed by atoms with van der Waals surface area (Å²) in [4.78, 5) is 29.4. The molecule has 2 aromatic carbocycles. The van der Waals surface area contributed by atoms with Gasteiger partial charge in [-0.2, -0.15) is 0 Å². The third-order valence-corrected chi connectivity index (χ3v) is 7.17. The normalized spacial score (nSPS) is 23.5. The zero-order valence-electron chi connectivity index (χ0n) is 21.8. The first-order chi connectivity index (χ1) is 17.7. The second-order valence-corrected chi connectivity index (χ2v) is 10.2. The minimum atomic E-state index is -0.490. The van der Waals surface area contributed by atoms with Crippen LogP contribution in [0.3, 0.4) is 0 Å². The molecular formula is C28H35F2N3O4. The van der Waals surface area contributed by atoms with Gasteiger partial charge in [0.15, 0.2) is 0 Å². The Kier molecular flexibility index (Phi) is 8.44. The van der Waals surface area contributed by atoms with Crippen molar-refractivity contribution in [1.29, 1.82) is 0 Å². The first-order valence-electron chi connectivity index (χ1n) is 12.7. The highest BCUT2D eigenvalue weighted by Crippen LogP contribution is 2.32. The number of anilines is 1. The summed E-state index contributed by atoms with van der Waals surface area (Å²) in [7, 11) is 3.31. The second-order valence-electron chi connectivity index (χ2n) is 10.2. The van der Waals surface area contributed by atoms with Gasteiger partial charge >= 0.3 is 0 Å². The summed E-state index contributed by atoms with van der Waals surface area (Å²) in [5.74, 6) is -0.830. The number of hydrogen-bond acceptors (Lipinski definition) is 5. The Morgan fingerprint density at radius 1 is 1.14 bits per heavy atom. The highest BCUT2D eigenvalue weighted by molar-refractivity contribution is 6.00. The van der Waals surface area contributed by atoms with Gasteiger partial charge in [-0.1, -0.05) is 6.92 Å². The average Bonchev–Trinajstić information content (AvgIpc) is 3.72. The molecule has 1 saturated carbocycles. The summed E-state index contributed by atoms with van der Waals surface area (Å²) < 4.78 is 40.2. The van der Waals surface area contributed by atoms with Crippen molar-refractivity contribution in [3.05, 3.63) is 59.2 Å². The minimum Gasteiger partial charge on any atom is -0.491 e. The van der Waals surface area contributed by atoms with Crippen LogP contribution in [0, 0.1) is 23.5 Å². The summed E-state index contributed by atoms with van der Waals surface area (Å²) in [5.41, 5.74) is 1.15. The highest BCUT2D eigenvalue weighted by Gasteiger charge is 2.31. The van der Waals surface area contributed by atoms with E-state index in [1.54, 1.807) is 37.3 Å². The number of methoxy groups -OCH3 is 1. The third kappa shape index (κ3) is 6.64. The Balaban J connectivity index is 1.63. The molecule has 1 N–H and O–H groups in total. The Bertz CT molecular complexity index is 1140. The summed E-state index contributed by atoms with van der Waals surface area (Å²) in [6, 6.07) is 8.35. The molecular weight excluding hydrogens is 480 g/mol. The molecule has 1 aliphatic heterocycles. The molecule has 0 spiro atoms. The number of hydrogen-bond donors (Lipinski definition) is 1. The van der Waals surface area contributed by atoms with Gasteiger partial charge in [0.1, 0.15) is 24.0 Å². The molecule has 37 heavy (non-hydrogen) atoms. The predicted molar refractivity (Wildman–Crippen MR) is 136 cm³/mol. The second kappa shape index (κ2) is 11.6. The van der Waals surface area contributed by atoms with Gasteiger partial charge in [-0.3, -0.25) is 14.5 Å². The first-order valence-corrected chi connectivity index (χ1v) is 12.7. The molecule has 2 amide bonds. The van der Waals surface area contributed by atoms with E-state index in [1.807, 2.05) is 18.7 Å². The predicted octanol–water partition coefficient (Wildman–Crippen LogP) is 4.32. The van der Waals surface area contributed by atoms with Gasteiger partial charge in [0, 0.05) is 57.0 Å². The van der Waals surface area contributed by atoms with Crippen LogP contribution in [0.15, 0.2) is 36.4 Å². The van der Waals surface area contributed by atoms with Crippen LogP contribution in [0.2, 0.25) is 0 Å². The van der Waals surface area contributed by atoms with E-state index in [-0.39, 0.29) is 54.5 Å². The van der Waals surface area contributed by atoms with Crippen molar-refractivity contribution in [3.8, 4) is 5.75 Å². The molecule has 1 heterocycles. The van der Waals surface area contributed by atoms with Crippen LogP contribution in [0.1, 0.15) is 42.6 Å². The molecule has 0 bridgehead atoms. The molecule has 0 radical (unpaired) electrons. The number of rotatable bonds is 5. The summed E-state index contributed by atoms with van der Waals surface area (Å²) >= 11 is 0. The van der Waals surface area contributed by atoms with Crippen LogP contribution in [-0.2, 0) is 16.1 Å². The number of ether oxygens (including phenoxy) is 2. The number of carbonyl (C=O) groups excluding carboxylic acids is 2. The standard InChI is InChI=1S/C28H35F2N3O4/c1-17-13-33(14-20-11-21(29)7-9-24(20)30)18(2)16-37-25-10-8-22(31-27(34)19-5-6-19)12-23(25)28(35)32(3)15-26(17)36-4/h7-12,17-19,26H,5-6,13-16H2,1-4H3,(H,31,34)/t17-,18+,26+/m0/s1. The number of fused-ring (bicyclic) bond motifs is 1. The number of benzene rings is 2. The molecule has 2 aromatic rings. The van der Waals surface area contributed by atoms with E-state index in [9.17, 15) is 18.4 Å². The quantitative estimate of drug-likeness (QED) is 0.642. The summed E-state index contributed by atoms with van der Waals surface area (Å²) in [5, 5.41) is 2.89. The van der Waals surface area contributed by atoms with Crippen LogP contribution in [0.25, 0.3) is 0 Å². The van der Waals surface area contributed by atoms with Gasteiger partial charge in [-0.25, -0.2) is 8.78 Å². The van der Waals surface area contributed by atoms with Gasteiger partial charge in [-0.05, 0) is 62.1 Å². The number of nitrogens with one attached hydrogen (secondary N) is 1. The average molecular weight is 516 g/mol. The highest BCUT2D eigenvalue weighted by atomic mass is 19.1. The first kappa shape index (κ1) is 27.0. The van der Waals surface area contributed by atoms with Crippen molar-refractivity contribution >= 4 is 17.5 Å². The van der Waals surface area contributed by atoms with Crippen molar-refractivity contribution in [1.82, 2.24) is 9.80 Å². The molecule has 1 aliphatic carbocycles. The van der Waals surface area contributed by atoms with Crippen LogP contribution >= 0.6 is 0 Å². The topological polar surface area (TPSA) is 71.1 Å². The lowest BCUT2D eigenvalue weighted by Gasteiger charge is -2.36. The lowest BCUT2D eigenvalue weighted by molar-refractivity contribution is -0.117. The number of likely N-dealkylation sites (N-methyl/N-ethyl adjacent to an activating group) is 1. The smallest absolute Gasteiger partial charge is 0.257 e. The minimum absolute atomic E-state index is 0.0256. The van der Waals surface area contributed by atoms with Crippen LogP contribution in [0.4, 0.5) is 14.5 Å². The van der Waals surface area contributed by atoms with Crippen molar-refractivity contribution < 1.29 is 27.8 Å². The zero-order chi connectivity index (χ0) is 26.7. The van der Waals surface area contributed by atoms with E-state index in [4.69, 9.17) is 9.47 Å². The molecule has 4 rings (SSSR count). The maximum Gasteiger partial charge on any atom is 0.257 e. The van der Waals surface area contributed by atoms with Gasteiger partial charge in [0.05, 0.1) is 11.7 Å².